The summed E-state index contributed by atoms with van der Waals surface area (Å²) in [5, 5.41) is 3.39. The van der Waals surface area contributed by atoms with Crippen molar-refractivity contribution >= 4 is 0 Å². The van der Waals surface area contributed by atoms with Crippen LogP contribution < -0.4 is 15.8 Å². The van der Waals surface area contributed by atoms with E-state index in [4.69, 9.17) is 10.5 Å². The van der Waals surface area contributed by atoms with Gasteiger partial charge in [0.1, 0.15) is 0 Å². The lowest BCUT2D eigenvalue weighted by atomic mass is 9.93. The maximum Gasteiger partial charge on any atom is 0.165 e. The Morgan fingerprint density at radius 1 is 1.47 bits per heavy atom. The smallest absolute Gasteiger partial charge is 0.165 e. The molecule has 0 amide bonds. The van der Waals surface area contributed by atoms with Crippen LogP contribution in [0.3, 0.4) is 0 Å². The summed E-state index contributed by atoms with van der Waals surface area (Å²) in [7, 11) is 1.46. The number of hydrogen-bond acceptors (Lipinski definition) is 3. The molecule has 94 valence electrons. The molecule has 0 aromatic heterocycles. The van der Waals surface area contributed by atoms with Crippen LogP contribution in [0.4, 0.5) is 4.39 Å². The third-order valence-electron chi connectivity index (χ3n) is 3.34. The number of benzene rings is 1. The molecule has 1 aliphatic heterocycles. The molecule has 4 heteroatoms. The van der Waals surface area contributed by atoms with Crippen molar-refractivity contribution in [1.82, 2.24) is 5.32 Å². The third-order valence-corrected chi connectivity index (χ3v) is 3.34. The standard InChI is InChI=1S/C13H19FN2O/c1-17-12-6-5-9(8-10(12)14)13(15)11-4-2-3-7-16-11/h5-6,8,11,13,16H,2-4,7,15H2,1H3. The van der Waals surface area contributed by atoms with Crippen LogP contribution in [-0.4, -0.2) is 19.7 Å². The molecule has 0 bridgehead atoms. The summed E-state index contributed by atoms with van der Waals surface area (Å²) in [6, 6.07) is 5.03. The fourth-order valence-corrected chi connectivity index (χ4v) is 2.31. The number of methoxy groups -OCH3 is 1. The van der Waals surface area contributed by atoms with Crippen LogP contribution in [0.2, 0.25) is 0 Å². The molecule has 1 aromatic carbocycles. The van der Waals surface area contributed by atoms with Crippen molar-refractivity contribution in [1.29, 1.82) is 0 Å². The summed E-state index contributed by atoms with van der Waals surface area (Å²) in [6.45, 7) is 0.997. The summed E-state index contributed by atoms with van der Waals surface area (Å²) in [5.41, 5.74) is 6.98. The van der Waals surface area contributed by atoms with Gasteiger partial charge in [-0.05, 0) is 37.1 Å². The summed E-state index contributed by atoms with van der Waals surface area (Å²) < 4.78 is 18.5. The Kier molecular flexibility index (Phi) is 3.97. The van der Waals surface area contributed by atoms with E-state index in [1.807, 2.05) is 6.07 Å². The Morgan fingerprint density at radius 3 is 2.88 bits per heavy atom. The van der Waals surface area contributed by atoms with Gasteiger partial charge in [-0.3, -0.25) is 0 Å². The van der Waals surface area contributed by atoms with Crippen LogP contribution in [-0.2, 0) is 0 Å². The SMILES string of the molecule is COc1ccc(C(N)C2CCCCN2)cc1F. The number of rotatable bonds is 3. The maximum absolute atomic E-state index is 13.6. The largest absolute Gasteiger partial charge is 0.494 e. The highest BCUT2D eigenvalue weighted by molar-refractivity contribution is 5.31. The molecule has 0 radical (unpaired) electrons. The number of halogens is 1. The van der Waals surface area contributed by atoms with E-state index in [0.29, 0.717) is 0 Å². The van der Waals surface area contributed by atoms with Crippen LogP contribution in [0.1, 0.15) is 30.9 Å². The van der Waals surface area contributed by atoms with Crippen LogP contribution in [0.5, 0.6) is 5.75 Å². The Balaban J connectivity index is 2.12. The zero-order valence-corrected chi connectivity index (χ0v) is 10.1. The lowest BCUT2D eigenvalue weighted by Crippen LogP contribution is -2.42. The molecule has 1 heterocycles. The van der Waals surface area contributed by atoms with Gasteiger partial charge in [-0.25, -0.2) is 4.39 Å². The highest BCUT2D eigenvalue weighted by Gasteiger charge is 2.22. The van der Waals surface area contributed by atoms with E-state index in [2.05, 4.69) is 5.32 Å². The van der Waals surface area contributed by atoms with E-state index in [1.54, 1.807) is 6.07 Å². The van der Waals surface area contributed by atoms with Crippen molar-refractivity contribution in [3.05, 3.63) is 29.6 Å². The van der Waals surface area contributed by atoms with Crippen molar-refractivity contribution in [2.75, 3.05) is 13.7 Å². The molecule has 1 aliphatic rings. The second-order valence-corrected chi connectivity index (χ2v) is 4.48. The fourth-order valence-electron chi connectivity index (χ4n) is 2.31. The van der Waals surface area contributed by atoms with E-state index in [0.717, 1.165) is 18.5 Å². The van der Waals surface area contributed by atoms with Gasteiger partial charge in [-0.2, -0.15) is 0 Å². The van der Waals surface area contributed by atoms with E-state index in [9.17, 15) is 4.39 Å². The molecule has 3 nitrogen and oxygen atoms in total. The molecule has 2 unspecified atom stereocenters. The topological polar surface area (TPSA) is 47.3 Å². The van der Waals surface area contributed by atoms with Gasteiger partial charge in [-0.1, -0.05) is 12.5 Å². The van der Waals surface area contributed by atoms with E-state index < -0.39 is 0 Å². The average Bonchev–Trinajstić information content (AvgIpc) is 2.39. The quantitative estimate of drug-likeness (QED) is 0.846. The van der Waals surface area contributed by atoms with Crippen molar-refractivity contribution in [3.63, 3.8) is 0 Å². The molecule has 3 N–H and O–H groups in total. The molecule has 0 saturated carbocycles. The van der Waals surface area contributed by atoms with Gasteiger partial charge < -0.3 is 15.8 Å². The summed E-state index contributed by atoms with van der Waals surface area (Å²) >= 11 is 0. The van der Waals surface area contributed by atoms with Gasteiger partial charge >= 0.3 is 0 Å². The summed E-state index contributed by atoms with van der Waals surface area (Å²) in [6.07, 6.45) is 3.43. The predicted molar refractivity (Wildman–Crippen MR) is 65.5 cm³/mol. The van der Waals surface area contributed by atoms with Crippen LogP contribution in [0.15, 0.2) is 18.2 Å². The highest BCUT2D eigenvalue weighted by Crippen LogP contribution is 2.25. The first-order valence-corrected chi connectivity index (χ1v) is 6.05. The highest BCUT2D eigenvalue weighted by atomic mass is 19.1. The zero-order valence-electron chi connectivity index (χ0n) is 10.1. The number of ether oxygens (including phenoxy) is 1. The predicted octanol–water partition coefficient (Wildman–Crippen LogP) is 1.98. The fraction of sp³-hybridized carbons (Fsp3) is 0.538. The molecular weight excluding hydrogens is 219 g/mol. The number of nitrogens with two attached hydrogens (primary N) is 1. The second kappa shape index (κ2) is 5.47. The number of nitrogens with one attached hydrogen (secondary N) is 1. The second-order valence-electron chi connectivity index (χ2n) is 4.48. The van der Waals surface area contributed by atoms with Crippen molar-refractivity contribution in [3.8, 4) is 5.75 Å². The first-order valence-electron chi connectivity index (χ1n) is 6.05. The first kappa shape index (κ1) is 12.3. The van der Waals surface area contributed by atoms with Gasteiger partial charge in [0.05, 0.1) is 7.11 Å². The van der Waals surface area contributed by atoms with Gasteiger partial charge in [0.25, 0.3) is 0 Å². The first-order chi connectivity index (χ1) is 8.22. The minimum atomic E-state index is -0.351. The lowest BCUT2D eigenvalue weighted by Gasteiger charge is -2.29. The minimum Gasteiger partial charge on any atom is -0.494 e. The molecule has 1 aromatic rings. The molecule has 17 heavy (non-hydrogen) atoms. The Morgan fingerprint density at radius 2 is 2.29 bits per heavy atom. The van der Waals surface area contributed by atoms with Crippen LogP contribution >= 0.6 is 0 Å². The summed E-state index contributed by atoms with van der Waals surface area (Å²) in [4.78, 5) is 0. The van der Waals surface area contributed by atoms with Crippen molar-refractivity contribution < 1.29 is 9.13 Å². The van der Waals surface area contributed by atoms with Gasteiger partial charge in [0.2, 0.25) is 0 Å². The van der Waals surface area contributed by atoms with Crippen LogP contribution in [0, 0.1) is 5.82 Å². The third kappa shape index (κ3) is 2.76. The molecule has 1 saturated heterocycles. The van der Waals surface area contributed by atoms with Gasteiger partial charge in [-0.15, -0.1) is 0 Å². The average molecular weight is 238 g/mol. The molecule has 2 atom stereocenters. The van der Waals surface area contributed by atoms with E-state index in [1.165, 1.54) is 26.0 Å². The molecule has 1 fully saturated rings. The maximum atomic E-state index is 13.6. The molecule has 2 rings (SSSR count). The number of piperidine rings is 1. The van der Waals surface area contributed by atoms with Gasteiger partial charge in [0.15, 0.2) is 11.6 Å². The Labute approximate surface area is 101 Å². The molecule has 0 aliphatic carbocycles. The van der Waals surface area contributed by atoms with E-state index in [-0.39, 0.29) is 23.7 Å². The minimum absolute atomic E-state index is 0.157. The molecule has 0 spiro atoms. The molecular formula is C13H19FN2O. The van der Waals surface area contributed by atoms with Gasteiger partial charge in [0, 0.05) is 12.1 Å². The zero-order chi connectivity index (χ0) is 12.3. The number of hydrogen-bond donors (Lipinski definition) is 2. The summed E-state index contributed by atoms with van der Waals surface area (Å²) in [5.74, 6) is -0.0891. The van der Waals surface area contributed by atoms with Crippen molar-refractivity contribution in [2.45, 2.75) is 31.3 Å². The van der Waals surface area contributed by atoms with Crippen molar-refractivity contribution in [2.24, 2.45) is 5.73 Å². The normalized spacial score (nSPS) is 22.2. The Hall–Kier alpha value is -1.13. The lowest BCUT2D eigenvalue weighted by molar-refractivity contribution is 0.351. The van der Waals surface area contributed by atoms with E-state index >= 15 is 0 Å². The Bertz CT molecular complexity index is 378. The monoisotopic (exact) mass is 238 g/mol. The van der Waals surface area contributed by atoms with Crippen LogP contribution in [0.25, 0.3) is 0 Å².